The predicted molar refractivity (Wildman–Crippen MR) is 528 cm³/mol. The summed E-state index contributed by atoms with van der Waals surface area (Å²) >= 11 is 0. The number of unbranched alkanes of at least 4 members (excludes halogenated alkanes) is 2. The van der Waals surface area contributed by atoms with Gasteiger partial charge in [-0.1, -0.05) is 86.8 Å². The number of hydrogen-bond donors (Lipinski definition) is 6. The van der Waals surface area contributed by atoms with Gasteiger partial charge in [-0.25, -0.2) is 23.4 Å². The summed E-state index contributed by atoms with van der Waals surface area (Å²) < 4.78 is 49.4. The fourth-order valence-electron chi connectivity index (χ4n) is 14.9. The van der Waals surface area contributed by atoms with E-state index < -0.39 is 0 Å². The Morgan fingerprint density at radius 3 is 0.807 bits per heavy atom. The third-order valence-electron chi connectivity index (χ3n) is 20.2. The first kappa shape index (κ1) is 102. The third-order valence-corrected chi connectivity index (χ3v) is 20.2. The van der Waals surface area contributed by atoms with Crippen LogP contribution >= 0.6 is 0 Å². The molecule has 0 bridgehead atoms. The van der Waals surface area contributed by atoms with E-state index in [1.54, 1.807) is 0 Å². The fraction of sp³-hybridized carbons (Fsp3) is 0.424. The van der Waals surface area contributed by atoms with Crippen LogP contribution in [0, 0.1) is 0 Å². The van der Waals surface area contributed by atoms with Crippen molar-refractivity contribution in [3.8, 4) is 34.5 Å². The molecule has 0 aliphatic rings. The second kappa shape index (κ2) is 52.9. The summed E-state index contributed by atoms with van der Waals surface area (Å²) in [6.07, 6.45) is 30.0. The lowest BCUT2D eigenvalue weighted by Gasteiger charge is -2.15. The molecule has 0 unspecified atom stereocenters. The zero-order valence-corrected chi connectivity index (χ0v) is 81.7. The maximum atomic E-state index is 6.78. The van der Waals surface area contributed by atoms with Gasteiger partial charge in [-0.05, 0) is 290 Å². The molecule has 5 aromatic heterocycles. The lowest BCUT2D eigenvalue weighted by molar-refractivity contribution is 0.295. The van der Waals surface area contributed by atoms with E-state index in [9.17, 15) is 0 Å². The predicted octanol–water partition coefficient (Wildman–Crippen LogP) is 9.02. The first-order chi connectivity index (χ1) is 65.0. The van der Waals surface area contributed by atoms with Crippen LogP contribution in [0.1, 0.15) is 121 Å². The van der Waals surface area contributed by atoms with Gasteiger partial charge in [-0.2, -0.15) is 5.10 Å². The number of hydrazone groups is 1. The van der Waals surface area contributed by atoms with Crippen molar-refractivity contribution < 1.29 is 28.4 Å². The molecular weight excluding hydrogens is 1710 g/mol. The molecule has 0 fully saturated rings. The highest BCUT2D eigenvalue weighted by Gasteiger charge is 2.18. The number of aromatic nitrogens is 15. The van der Waals surface area contributed by atoms with Crippen molar-refractivity contribution in [1.82, 2.24) is 130 Å². The standard InChI is InChI=1S/C99H140N30O6/c1-117(2)57-86(100)50-103-47-74-29-75(48-104-51-87(101)58-118(3)4)36-95(35-74)132-70-82-33-84(72-134-97-39-78(53-126-65-89(107-113-126)60-120(7)8)31-79(40-97)54-127-66-90(108-114-127)61-121(9)10)45-93(43-82)130-27-25-23-21-19-17-18-20-22-24-26-28-131-94-44-83(71-133-96-37-76(49-105-111-99(102)69-124(15)16)30-77(38-96)52-125-64-88(106-112-125)59-119(5)6)34-85(46-94)73-135-98-41-80(55-128-67-91(109-115-128)62-122(11)12)32-81(42-98)56-129-68-92(110-116-129)63-123(13)14/h17-18,23-26,29-46,50-51,64-68,103-105H,19-22,27-28,47-49,52-63,69-73,100-101H2,1-16H3,(H2,102,111)/b18-17?,25-23?,26-24?,86-50-,87-51-. The van der Waals surface area contributed by atoms with E-state index >= 15 is 0 Å². The summed E-state index contributed by atoms with van der Waals surface area (Å²) in [5.41, 5.74) is 39.5. The zero-order chi connectivity index (χ0) is 96.0. The average molecular weight is 1850 g/mol. The molecule has 0 saturated heterocycles. The van der Waals surface area contributed by atoms with Gasteiger partial charge in [-0.3, -0.25) is 0 Å². The van der Waals surface area contributed by atoms with Gasteiger partial charge in [0.1, 0.15) is 80.0 Å². The van der Waals surface area contributed by atoms with E-state index in [0.29, 0.717) is 158 Å². The number of nitrogens with one attached hydrogen (secondary N) is 3. The molecule has 722 valence electrons. The van der Waals surface area contributed by atoms with Gasteiger partial charge in [0.05, 0.1) is 105 Å². The number of hydrogen-bond acceptors (Lipinski definition) is 30. The van der Waals surface area contributed by atoms with Crippen LogP contribution in [0.25, 0.3) is 0 Å². The lowest BCUT2D eigenvalue weighted by atomic mass is 10.1. The number of rotatable bonds is 59. The molecule has 0 spiro atoms. The van der Waals surface area contributed by atoms with Gasteiger partial charge in [0, 0.05) is 82.7 Å². The van der Waals surface area contributed by atoms with Crippen molar-refractivity contribution in [1.29, 1.82) is 0 Å². The summed E-state index contributed by atoms with van der Waals surface area (Å²) in [6, 6.07) is 37.3. The molecule has 0 radical (unpaired) electrons. The molecule has 6 aromatic carbocycles. The Balaban J connectivity index is 0.758. The Hall–Kier alpha value is -13.3. The van der Waals surface area contributed by atoms with Crippen LogP contribution in [0.15, 0.2) is 206 Å². The maximum Gasteiger partial charge on any atom is 0.133 e. The normalized spacial score (nSPS) is 12.4. The number of nitrogens with two attached hydrogens (primary N) is 3. The molecule has 11 aromatic rings. The van der Waals surface area contributed by atoms with Crippen molar-refractivity contribution in [2.45, 2.75) is 137 Å². The number of amidine groups is 1. The maximum absolute atomic E-state index is 6.78. The van der Waals surface area contributed by atoms with Crippen molar-refractivity contribution in [3.05, 3.63) is 296 Å². The Labute approximate surface area is 795 Å². The van der Waals surface area contributed by atoms with Crippen LogP contribution in [-0.2, 0) is 112 Å². The summed E-state index contributed by atoms with van der Waals surface area (Å²) in [5.74, 6) is 4.60. The Bertz CT molecular complexity index is 5490. The van der Waals surface area contributed by atoms with E-state index in [1.807, 2.05) is 231 Å². The average Bonchev–Trinajstić information content (AvgIpc) is 1.78. The summed E-state index contributed by atoms with van der Waals surface area (Å²) in [4.78, 5) is 16.4. The highest BCUT2D eigenvalue weighted by molar-refractivity contribution is 5.82. The van der Waals surface area contributed by atoms with Crippen LogP contribution in [0.5, 0.6) is 34.5 Å². The van der Waals surface area contributed by atoms with Crippen LogP contribution in [0.4, 0.5) is 0 Å². The molecule has 0 amide bonds. The summed E-state index contributed by atoms with van der Waals surface area (Å²) in [6.45, 7) is 10.7. The van der Waals surface area contributed by atoms with Crippen LogP contribution in [-0.4, -0.2) is 266 Å². The molecule has 0 atom stereocenters. The van der Waals surface area contributed by atoms with E-state index in [1.165, 1.54) is 0 Å². The quantitative estimate of drug-likeness (QED) is 0.00680. The van der Waals surface area contributed by atoms with Crippen LogP contribution in [0.3, 0.4) is 0 Å². The Morgan fingerprint density at radius 1 is 0.289 bits per heavy atom. The van der Waals surface area contributed by atoms with Gasteiger partial charge in [-0.15, -0.1) is 25.5 Å². The van der Waals surface area contributed by atoms with Crippen molar-refractivity contribution in [2.75, 3.05) is 146 Å². The number of benzene rings is 6. The lowest BCUT2D eigenvalue weighted by Crippen LogP contribution is -2.30. The molecule has 9 N–H and O–H groups in total. The third kappa shape index (κ3) is 38.3. The molecule has 36 heteroatoms. The second-order valence-corrected chi connectivity index (χ2v) is 36.3. The second-order valence-electron chi connectivity index (χ2n) is 36.3. The fourth-order valence-corrected chi connectivity index (χ4v) is 14.9. The monoisotopic (exact) mass is 1850 g/mol. The largest absolute Gasteiger partial charge is 0.490 e. The molecule has 5 heterocycles. The zero-order valence-electron chi connectivity index (χ0n) is 81.7. The topological polar surface area (TPSA) is 361 Å². The molecule has 0 aliphatic heterocycles. The van der Waals surface area contributed by atoms with Crippen LogP contribution in [0.2, 0.25) is 0 Å². The summed E-state index contributed by atoms with van der Waals surface area (Å²) in [7, 11) is 32.0. The minimum Gasteiger partial charge on any atom is -0.490 e. The number of allylic oxidation sites excluding steroid dienone is 4. The number of ether oxygens (including phenoxy) is 6. The minimum atomic E-state index is 0.232. The van der Waals surface area contributed by atoms with Gasteiger partial charge in [0.2, 0.25) is 0 Å². The molecule has 11 rings (SSSR count). The van der Waals surface area contributed by atoms with Crippen molar-refractivity contribution in [3.63, 3.8) is 0 Å². The van der Waals surface area contributed by atoms with Gasteiger partial charge in [0.15, 0.2) is 0 Å². The highest BCUT2D eigenvalue weighted by Crippen LogP contribution is 2.30. The molecule has 36 nitrogen and oxygen atoms in total. The Morgan fingerprint density at radius 2 is 0.526 bits per heavy atom. The molecule has 135 heavy (non-hydrogen) atoms. The van der Waals surface area contributed by atoms with E-state index in [4.69, 9.17) is 45.6 Å². The minimum absolute atomic E-state index is 0.232. The van der Waals surface area contributed by atoms with Crippen molar-refractivity contribution >= 4 is 5.84 Å². The molecular formula is C99H140N30O6. The van der Waals surface area contributed by atoms with Gasteiger partial charge >= 0.3 is 0 Å². The van der Waals surface area contributed by atoms with Crippen LogP contribution < -0.4 is 61.7 Å². The number of nitrogens with zero attached hydrogens (tertiary/aromatic N) is 24. The van der Waals surface area contributed by atoms with E-state index in [-0.39, 0.29) is 26.4 Å². The smallest absolute Gasteiger partial charge is 0.133 e. The van der Waals surface area contributed by atoms with Gasteiger partial charge < -0.3 is 101 Å². The summed E-state index contributed by atoms with van der Waals surface area (Å²) in [5, 5.41) is 55.8. The van der Waals surface area contributed by atoms with Gasteiger partial charge in [0.25, 0.3) is 0 Å². The van der Waals surface area contributed by atoms with E-state index in [0.717, 1.165) is 132 Å². The highest BCUT2D eigenvalue weighted by atomic mass is 16.5. The SMILES string of the molecule is CN(C)C/C(N)=C/NCc1cc(CN/C=C(\N)CN(C)C)cc(OCc2cc(COc3cc(Cn4cc(CN(C)C)nn4)cc(Cn4cc(CN(C)C)nn4)c3)cc(OCC=CCCC=CCCC=CCOc3cc(COc4cc(CN/N=C(\N)CN(C)C)cc(Cn5cc(CN(C)C)nn5)c4)cc(COc4cc(Cn5cc(CN(C)C)nn5)cc(Cn5cc(CN(C)C)nn5)c4)c3)c2)c1. The molecule has 0 saturated carbocycles. The van der Waals surface area contributed by atoms with Crippen molar-refractivity contribution in [2.24, 2.45) is 22.3 Å². The molecule has 0 aliphatic carbocycles. The van der Waals surface area contributed by atoms with E-state index in [2.05, 4.69) is 206 Å². The Kier molecular flexibility index (Phi) is 40.1. The first-order valence-electron chi connectivity index (χ1n) is 45.5. The first-order valence-corrected chi connectivity index (χ1v) is 45.5. The number of likely N-dealkylation sites (N-methyl/N-ethyl adjacent to an activating group) is 3.